The molecule has 3 aromatic heterocycles. The molecule has 5 nitrogen and oxygen atoms in total. The molecule has 1 amide bonds. The Balaban J connectivity index is 1.58. The van der Waals surface area contributed by atoms with Gasteiger partial charge in [-0.2, -0.15) is 0 Å². The van der Waals surface area contributed by atoms with Crippen molar-refractivity contribution in [2.24, 2.45) is 7.05 Å². The zero-order chi connectivity index (χ0) is 19.3. The normalized spacial score (nSPS) is 11.3. The number of hydrogen-bond donors (Lipinski definition) is 1. The van der Waals surface area contributed by atoms with Crippen molar-refractivity contribution in [2.75, 3.05) is 5.32 Å². The van der Waals surface area contributed by atoms with Crippen molar-refractivity contribution in [1.29, 1.82) is 0 Å². The zero-order valence-corrected chi connectivity index (χ0v) is 15.8. The molecule has 0 aliphatic rings. The molecule has 0 atom stereocenters. The van der Waals surface area contributed by atoms with E-state index in [2.05, 4.69) is 10.3 Å². The molecule has 0 radical (unpaired) electrons. The molecule has 0 saturated carbocycles. The average molecular weight is 385 g/mol. The van der Waals surface area contributed by atoms with Crippen LogP contribution in [0.1, 0.15) is 9.67 Å². The van der Waals surface area contributed by atoms with Crippen molar-refractivity contribution < 1.29 is 4.79 Å². The summed E-state index contributed by atoms with van der Waals surface area (Å²) in [6.07, 6.45) is 1.64. The van der Waals surface area contributed by atoms with Gasteiger partial charge >= 0.3 is 0 Å². The van der Waals surface area contributed by atoms with E-state index in [1.807, 2.05) is 54.6 Å². The van der Waals surface area contributed by atoms with Crippen molar-refractivity contribution in [3.63, 3.8) is 0 Å². The fourth-order valence-electron chi connectivity index (χ4n) is 3.44. The monoisotopic (exact) mass is 385 g/mol. The lowest BCUT2D eigenvalue weighted by atomic mass is 10.1. The number of amides is 1. The van der Waals surface area contributed by atoms with E-state index in [-0.39, 0.29) is 11.5 Å². The minimum absolute atomic E-state index is 0.101. The van der Waals surface area contributed by atoms with Gasteiger partial charge in [-0.05, 0) is 24.3 Å². The standard InChI is InChI=1S/C22H15N3O2S/c1-25-18-9-5-3-7-15(18)20-16(22(25)27)11-19(28-20)21(26)24-14-10-13-6-2-4-8-17(13)23-12-14/h2-12H,1H3,(H,24,26). The summed E-state index contributed by atoms with van der Waals surface area (Å²) in [5.74, 6) is -0.246. The maximum Gasteiger partial charge on any atom is 0.265 e. The highest BCUT2D eigenvalue weighted by atomic mass is 32.1. The Morgan fingerprint density at radius 3 is 2.71 bits per heavy atom. The van der Waals surface area contributed by atoms with E-state index in [9.17, 15) is 9.59 Å². The third kappa shape index (κ3) is 2.58. The molecule has 0 saturated heterocycles. The highest BCUT2D eigenvalue weighted by Gasteiger charge is 2.16. The number of carbonyl (C=O) groups is 1. The van der Waals surface area contributed by atoms with Gasteiger partial charge in [-0.1, -0.05) is 36.4 Å². The lowest BCUT2D eigenvalue weighted by Crippen LogP contribution is -2.16. The van der Waals surface area contributed by atoms with Crippen LogP contribution in [-0.2, 0) is 7.05 Å². The second kappa shape index (κ2) is 6.28. The second-order valence-corrected chi connectivity index (χ2v) is 7.66. The van der Waals surface area contributed by atoms with Gasteiger partial charge < -0.3 is 9.88 Å². The van der Waals surface area contributed by atoms with Gasteiger partial charge in [-0.3, -0.25) is 14.6 Å². The molecule has 0 fully saturated rings. The summed E-state index contributed by atoms with van der Waals surface area (Å²) in [4.78, 5) is 30.4. The molecular formula is C22H15N3O2S. The van der Waals surface area contributed by atoms with Gasteiger partial charge in [0, 0.05) is 22.5 Å². The number of rotatable bonds is 2. The molecule has 1 N–H and O–H groups in total. The largest absolute Gasteiger partial charge is 0.320 e. The van der Waals surface area contributed by atoms with Crippen LogP contribution in [0.5, 0.6) is 0 Å². The lowest BCUT2D eigenvalue weighted by Gasteiger charge is -2.05. The van der Waals surface area contributed by atoms with Gasteiger partial charge in [0.05, 0.1) is 33.2 Å². The van der Waals surface area contributed by atoms with Crippen molar-refractivity contribution >= 4 is 54.8 Å². The molecule has 5 aromatic rings. The molecule has 0 aliphatic heterocycles. The van der Waals surface area contributed by atoms with Gasteiger partial charge in [0.25, 0.3) is 11.5 Å². The first-order chi connectivity index (χ1) is 13.6. The summed E-state index contributed by atoms with van der Waals surface area (Å²) in [5.41, 5.74) is 2.25. The molecule has 5 rings (SSSR count). The molecule has 136 valence electrons. The van der Waals surface area contributed by atoms with Crippen LogP contribution >= 0.6 is 11.3 Å². The van der Waals surface area contributed by atoms with Gasteiger partial charge in [0.15, 0.2) is 0 Å². The number of thiophene rings is 1. The van der Waals surface area contributed by atoms with E-state index in [4.69, 9.17) is 0 Å². The smallest absolute Gasteiger partial charge is 0.265 e. The number of fused-ring (bicyclic) bond motifs is 4. The summed E-state index contributed by atoms with van der Waals surface area (Å²) >= 11 is 1.33. The van der Waals surface area contributed by atoms with Crippen LogP contribution in [-0.4, -0.2) is 15.5 Å². The zero-order valence-electron chi connectivity index (χ0n) is 15.0. The van der Waals surface area contributed by atoms with E-state index in [0.29, 0.717) is 16.0 Å². The first kappa shape index (κ1) is 16.6. The number of aryl methyl sites for hydroxylation is 1. The van der Waals surface area contributed by atoms with Crippen LogP contribution in [0.15, 0.2) is 71.7 Å². The maximum atomic E-state index is 12.8. The molecular weight excluding hydrogens is 370 g/mol. The van der Waals surface area contributed by atoms with Crippen molar-refractivity contribution in [3.8, 4) is 0 Å². The number of pyridine rings is 2. The number of nitrogens with zero attached hydrogens (tertiary/aromatic N) is 2. The Hall–Kier alpha value is -3.51. The van der Waals surface area contributed by atoms with Crippen LogP contribution < -0.4 is 10.9 Å². The minimum Gasteiger partial charge on any atom is -0.320 e. The van der Waals surface area contributed by atoms with Gasteiger partial charge in [0.2, 0.25) is 0 Å². The van der Waals surface area contributed by atoms with Crippen molar-refractivity contribution in [2.45, 2.75) is 0 Å². The molecule has 0 bridgehead atoms. The third-order valence-corrected chi connectivity index (χ3v) is 6.02. The van der Waals surface area contributed by atoms with E-state index in [1.54, 1.807) is 23.9 Å². The molecule has 28 heavy (non-hydrogen) atoms. The Labute approximate surface area is 163 Å². The summed E-state index contributed by atoms with van der Waals surface area (Å²) in [7, 11) is 1.75. The van der Waals surface area contributed by atoms with Gasteiger partial charge in [-0.15, -0.1) is 11.3 Å². The van der Waals surface area contributed by atoms with Gasteiger partial charge in [-0.25, -0.2) is 0 Å². The maximum absolute atomic E-state index is 12.8. The van der Waals surface area contributed by atoms with Gasteiger partial charge in [0.1, 0.15) is 0 Å². The minimum atomic E-state index is -0.246. The Kier molecular flexibility index (Phi) is 3.74. The van der Waals surface area contributed by atoms with E-state index < -0.39 is 0 Å². The summed E-state index contributed by atoms with van der Waals surface area (Å²) in [6, 6.07) is 19.0. The highest BCUT2D eigenvalue weighted by molar-refractivity contribution is 7.21. The Morgan fingerprint density at radius 1 is 1.04 bits per heavy atom. The number of hydrogen-bond acceptors (Lipinski definition) is 4. The first-order valence-corrected chi connectivity index (χ1v) is 9.61. The number of benzene rings is 2. The molecule has 0 aliphatic carbocycles. The van der Waals surface area contributed by atoms with Crippen LogP contribution in [0.25, 0.3) is 31.9 Å². The highest BCUT2D eigenvalue weighted by Crippen LogP contribution is 2.30. The van der Waals surface area contributed by atoms with E-state index >= 15 is 0 Å². The number of anilines is 1. The lowest BCUT2D eigenvalue weighted by molar-refractivity contribution is 0.103. The molecule has 6 heteroatoms. The number of aromatic nitrogens is 2. The summed E-state index contributed by atoms with van der Waals surface area (Å²) in [6.45, 7) is 0. The number of carbonyl (C=O) groups excluding carboxylic acids is 1. The second-order valence-electron chi connectivity index (χ2n) is 6.61. The predicted octanol–water partition coefficient (Wildman–Crippen LogP) is 4.55. The Morgan fingerprint density at radius 2 is 1.82 bits per heavy atom. The SMILES string of the molecule is Cn1c(=O)c2cc(C(=O)Nc3cnc4ccccc4c3)sc2c2ccccc21. The van der Waals surface area contributed by atoms with Crippen LogP contribution in [0.4, 0.5) is 5.69 Å². The molecule has 3 heterocycles. The topological polar surface area (TPSA) is 64.0 Å². The predicted molar refractivity (Wildman–Crippen MR) is 114 cm³/mol. The van der Waals surface area contributed by atoms with E-state index in [0.717, 1.165) is 26.5 Å². The van der Waals surface area contributed by atoms with Crippen LogP contribution in [0, 0.1) is 0 Å². The van der Waals surface area contributed by atoms with Crippen molar-refractivity contribution in [1.82, 2.24) is 9.55 Å². The van der Waals surface area contributed by atoms with E-state index in [1.165, 1.54) is 11.3 Å². The number of nitrogens with one attached hydrogen (secondary N) is 1. The van der Waals surface area contributed by atoms with Crippen LogP contribution in [0.2, 0.25) is 0 Å². The molecule has 2 aromatic carbocycles. The van der Waals surface area contributed by atoms with Crippen molar-refractivity contribution in [3.05, 3.63) is 82.1 Å². The third-order valence-electron chi connectivity index (χ3n) is 4.85. The molecule has 0 spiro atoms. The fourth-order valence-corrected chi connectivity index (χ4v) is 4.52. The average Bonchev–Trinajstić information content (AvgIpc) is 3.18. The fraction of sp³-hybridized carbons (Fsp3) is 0.0455. The summed E-state index contributed by atoms with van der Waals surface area (Å²) in [5, 5.41) is 5.38. The molecule has 0 unspecified atom stereocenters. The van der Waals surface area contributed by atoms with Crippen LogP contribution in [0.3, 0.4) is 0 Å². The first-order valence-electron chi connectivity index (χ1n) is 8.79. The Bertz CT molecular complexity index is 1450. The quantitative estimate of drug-likeness (QED) is 0.485. The summed E-state index contributed by atoms with van der Waals surface area (Å²) < 4.78 is 2.46. The number of para-hydroxylation sites is 2.